The van der Waals surface area contributed by atoms with Crippen molar-refractivity contribution < 1.29 is 27.7 Å². The number of benzene rings is 3. The van der Waals surface area contributed by atoms with Crippen LogP contribution in [0.3, 0.4) is 0 Å². The first-order chi connectivity index (χ1) is 15.7. The minimum absolute atomic E-state index is 0.134. The quantitative estimate of drug-likeness (QED) is 0.221. The number of carbonyl (C=O) groups is 2. The topological polar surface area (TPSA) is 133 Å². The highest BCUT2D eigenvalue weighted by Gasteiger charge is 2.26. The minimum atomic E-state index is -4.30. The Labute approximate surface area is 190 Å². The van der Waals surface area contributed by atoms with E-state index in [1.807, 2.05) is 10.8 Å². The lowest BCUT2D eigenvalue weighted by Crippen LogP contribution is -2.31. The van der Waals surface area contributed by atoms with Crippen LogP contribution in [0.1, 0.15) is 27.0 Å². The molecule has 0 aliphatic heterocycles. The molecule has 0 saturated heterocycles. The van der Waals surface area contributed by atoms with E-state index >= 15 is 0 Å². The highest BCUT2D eigenvalue weighted by molar-refractivity contribution is 7.89. The molecule has 170 valence electrons. The molecule has 10 heteroatoms. The number of sulfonamides is 1. The zero-order chi connectivity index (χ0) is 24.0. The van der Waals surface area contributed by atoms with Crippen molar-refractivity contribution in [2.45, 2.75) is 18.4 Å². The maximum atomic E-state index is 12.4. The van der Waals surface area contributed by atoms with Gasteiger partial charge in [0, 0.05) is 17.2 Å². The summed E-state index contributed by atoms with van der Waals surface area (Å²) in [5, 5.41) is 11.2. The Morgan fingerprint density at radius 3 is 2.24 bits per heavy atom. The van der Waals surface area contributed by atoms with Crippen LogP contribution in [0.5, 0.6) is 0 Å². The van der Waals surface area contributed by atoms with Crippen molar-refractivity contribution >= 4 is 27.5 Å². The third-order valence-electron chi connectivity index (χ3n) is 4.66. The molecule has 0 aliphatic rings. The van der Waals surface area contributed by atoms with Crippen LogP contribution in [0.4, 0.5) is 5.69 Å². The fourth-order valence-corrected chi connectivity index (χ4v) is 4.07. The van der Waals surface area contributed by atoms with Gasteiger partial charge in [0.05, 0.1) is 4.92 Å². The molecule has 3 rings (SSSR count). The SMILES string of the molecule is Cc1ccc(S(=O)(=O)NCC(=O)OCc2ccc(C(=O)c3ccccc3)cc2)c([N+](=O)[O-])c1. The maximum Gasteiger partial charge on any atom is 0.321 e. The normalized spacial score (nSPS) is 11.1. The molecule has 0 unspecified atom stereocenters. The largest absolute Gasteiger partial charge is 0.460 e. The van der Waals surface area contributed by atoms with Gasteiger partial charge in [-0.05, 0) is 24.1 Å². The Morgan fingerprint density at radius 1 is 0.970 bits per heavy atom. The van der Waals surface area contributed by atoms with Crippen molar-refractivity contribution in [3.8, 4) is 0 Å². The Balaban J connectivity index is 1.57. The van der Waals surface area contributed by atoms with Gasteiger partial charge in [-0.2, -0.15) is 4.72 Å². The number of hydrogen-bond donors (Lipinski definition) is 1. The fraction of sp³-hybridized carbons (Fsp3) is 0.130. The zero-order valence-corrected chi connectivity index (χ0v) is 18.4. The molecule has 9 nitrogen and oxygen atoms in total. The molecule has 0 heterocycles. The molecular formula is C23H20N2O7S. The number of rotatable bonds is 9. The van der Waals surface area contributed by atoms with E-state index in [1.54, 1.807) is 55.5 Å². The maximum absolute atomic E-state index is 12.4. The number of nitro benzene ring substituents is 1. The van der Waals surface area contributed by atoms with E-state index < -0.39 is 38.0 Å². The number of hydrogen-bond acceptors (Lipinski definition) is 7. The number of nitro groups is 1. The third kappa shape index (κ3) is 6.09. The van der Waals surface area contributed by atoms with Crippen LogP contribution in [0, 0.1) is 17.0 Å². The van der Waals surface area contributed by atoms with E-state index in [-0.39, 0.29) is 12.4 Å². The highest BCUT2D eigenvalue weighted by atomic mass is 32.2. The Kier molecular flexibility index (Phi) is 7.31. The first-order valence-corrected chi connectivity index (χ1v) is 11.2. The number of carbonyl (C=O) groups excluding carboxylic acids is 2. The van der Waals surface area contributed by atoms with Crippen LogP contribution in [-0.4, -0.2) is 31.6 Å². The predicted octanol–water partition coefficient (Wildman–Crippen LogP) is 3.16. The summed E-state index contributed by atoms with van der Waals surface area (Å²) in [5.74, 6) is -1.00. The lowest BCUT2D eigenvalue weighted by atomic mass is 10.0. The Bertz CT molecular complexity index is 1290. The smallest absolute Gasteiger partial charge is 0.321 e. The number of ether oxygens (including phenoxy) is 1. The van der Waals surface area contributed by atoms with Gasteiger partial charge in [-0.1, -0.05) is 60.7 Å². The number of esters is 1. The number of nitrogens with zero attached hydrogens (tertiary/aromatic N) is 1. The molecule has 0 radical (unpaired) electrons. The van der Waals surface area contributed by atoms with Crippen LogP contribution in [0.15, 0.2) is 77.7 Å². The number of aryl methyl sites for hydroxylation is 1. The average Bonchev–Trinajstić information content (AvgIpc) is 2.81. The van der Waals surface area contributed by atoms with Crippen LogP contribution in [-0.2, 0) is 26.2 Å². The van der Waals surface area contributed by atoms with Gasteiger partial charge in [-0.3, -0.25) is 19.7 Å². The summed E-state index contributed by atoms with van der Waals surface area (Å²) in [4.78, 5) is 34.2. The number of nitrogens with one attached hydrogen (secondary N) is 1. The monoisotopic (exact) mass is 468 g/mol. The lowest BCUT2D eigenvalue weighted by Gasteiger charge is -2.09. The van der Waals surface area contributed by atoms with Crippen LogP contribution < -0.4 is 4.72 Å². The van der Waals surface area contributed by atoms with Crippen LogP contribution in [0.2, 0.25) is 0 Å². The molecule has 1 N–H and O–H groups in total. The van der Waals surface area contributed by atoms with Gasteiger partial charge in [0.2, 0.25) is 10.0 Å². The molecule has 0 amide bonds. The molecular weight excluding hydrogens is 448 g/mol. The van der Waals surface area contributed by atoms with Gasteiger partial charge in [0.15, 0.2) is 10.7 Å². The molecule has 0 saturated carbocycles. The summed E-state index contributed by atoms with van der Waals surface area (Å²) in [6.45, 7) is 0.765. The summed E-state index contributed by atoms with van der Waals surface area (Å²) in [7, 11) is -4.30. The van der Waals surface area contributed by atoms with E-state index in [4.69, 9.17) is 4.74 Å². The summed E-state index contributed by atoms with van der Waals surface area (Å²) < 4.78 is 31.9. The Morgan fingerprint density at radius 2 is 1.61 bits per heavy atom. The Hall–Kier alpha value is -3.89. The molecule has 0 atom stereocenters. The second kappa shape index (κ2) is 10.2. The summed E-state index contributed by atoms with van der Waals surface area (Å²) >= 11 is 0. The van der Waals surface area contributed by atoms with E-state index in [2.05, 4.69) is 0 Å². The molecule has 3 aromatic rings. The van der Waals surface area contributed by atoms with Gasteiger partial charge in [-0.15, -0.1) is 0 Å². The van der Waals surface area contributed by atoms with Crippen LogP contribution in [0.25, 0.3) is 0 Å². The van der Waals surface area contributed by atoms with Crippen molar-refractivity contribution in [1.82, 2.24) is 4.72 Å². The molecule has 0 fully saturated rings. The molecule has 3 aromatic carbocycles. The van der Waals surface area contributed by atoms with Gasteiger partial charge < -0.3 is 4.74 Å². The van der Waals surface area contributed by atoms with Crippen molar-refractivity contribution in [2.24, 2.45) is 0 Å². The molecule has 0 aliphatic carbocycles. The standard InChI is InChI=1S/C23H20N2O7S/c1-16-7-12-21(20(13-16)25(28)29)33(30,31)24-14-22(26)32-15-17-8-10-19(11-9-17)23(27)18-5-3-2-4-6-18/h2-13,24H,14-15H2,1H3. The summed E-state index contributed by atoms with van der Waals surface area (Å²) in [5.41, 5.74) is 1.57. The van der Waals surface area contributed by atoms with Gasteiger partial charge in [-0.25, -0.2) is 8.42 Å². The van der Waals surface area contributed by atoms with Crippen molar-refractivity contribution in [2.75, 3.05) is 6.54 Å². The minimum Gasteiger partial charge on any atom is -0.460 e. The number of ketones is 1. The van der Waals surface area contributed by atoms with E-state index in [0.717, 1.165) is 12.1 Å². The van der Waals surface area contributed by atoms with Crippen molar-refractivity contribution in [3.63, 3.8) is 0 Å². The molecule has 0 aromatic heterocycles. The van der Waals surface area contributed by atoms with Gasteiger partial charge >= 0.3 is 5.97 Å². The first-order valence-electron chi connectivity index (χ1n) is 9.76. The van der Waals surface area contributed by atoms with Gasteiger partial charge in [0.25, 0.3) is 5.69 Å². The fourth-order valence-electron chi connectivity index (χ4n) is 2.95. The van der Waals surface area contributed by atoms with Crippen molar-refractivity contribution in [1.29, 1.82) is 0 Å². The summed E-state index contributed by atoms with van der Waals surface area (Å²) in [6, 6.07) is 18.9. The first kappa shape index (κ1) is 23.8. The molecule has 33 heavy (non-hydrogen) atoms. The average molecular weight is 468 g/mol. The predicted molar refractivity (Wildman–Crippen MR) is 119 cm³/mol. The van der Waals surface area contributed by atoms with E-state index in [0.29, 0.717) is 22.3 Å². The van der Waals surface area contributed by atoms with E-state index in [1.165, 1.54) is 6.07 Å². The van der Waals surface area contributed by atoms with Crippen molar-refractivity contribution in [3.05, 3.63) is 105 Å². The molecule has 0 bridgehead atoms. The zero-order valence-electron chi connectivity index (χ0n) is 17.6. The highest BCUT2D eigenvalue weighted by Crippen LogP contribution is 2.24. The third-order valence-corrected chi connectivity index (χ3v) is 6.11. The van der Waals surface area contributed by atoms with Crippen LogP contribution >= 0.6 is 0 Å². The molecule has 0 spiro atoms. The summed E-state index contributed by atoms with van der Waals surface area (Å²) in [6.07, 6.45) is 0. The lowest BCUT2D eigenvalue weighted by molar-refractivity contribution is -0.387. The van der Waals surface area contributed by atoms with E-state index in [9.17, 15) is 28.1 Å². The second-order valence-corrected chi connectivity index (χ2v) is 8.84. The second-order valence-electron chi connectivity index (χ2n) is 7.11. The van der Waals surface area contributed by atoms with Gasteiger partial charge in [0.1, 0.15) is 13.2 Å².